The van der Waals surface area contributed by atoms with Crippen LogP contribution in [0.3, 0.4) is 0 Å². The molecule has 2 N–H and O–H groups in total. The van der Waals surface area contributed by atoms with Crippen LogP contribution >= 0.6 is 0 Å². The molecule has 0 aliphatic carbocycles. The number of carbonyl (C=O) groups excluding carboxylic acids is 2. The first-order valence-electron chi connectivity index (χ1n) is 8.66. The third-order valence-electron chi connectivity index (χ3n) is 4.05. The zero-order chi connectivity index (χ0) is 20.8. The van der Waals surface area contributed by atoms with E-state index in [1.54, 1.807) is 12.1 Å². The number of halogens is 3. The molecule has 0 unspecified atom stereocenters. The van der Waals surface area contributed by atoms with Crippen LogP contribution in [0.4, 0.5) is 18.9 Å². The van der Waals surface area contributed by atoms with Crippen molar-refractivity contribution < 1.29 is 22.8 Å². The highest BCUT2D eigenvalue weighted by atomic mass is 19.1. The Bertz CT molecular complexity index is 1040. The lowest BCUT2D eigenvalue weighted by molar-refractivity contribution is 0.0953. The van der Waals surface area contributed by atoms with Gasteiger partial charge in [-0.2, -0.15) is 0 Å². The van der Waals surface area contributed by atoms with Gasteiger partial charge in [0.15, 0.2) is 0 Å². The first-order chi connectivity index (χ1) is 13.9. The summed E-state index contributed by atoms with van der Waals surface area (Å²) < 4.78 is 39.5. The number of amides is 2. The fourth-order valence-corrected chi connectivity index (χ4v) is 2.55. The van der Waals surface area contributed by atoms with E-state index in [9.17, 15) is 22.8 Å². The molecule has 148 valence electrons. The van der Waals surface area contributed by atoms with Gasteiger partial charge in [0.05, 0.1) is 16.8 Å². The summed E-state index contributed by atoms with van der Waals surface area (Å²) in [4.78, 5) is 28.4. The molecular formula is C21H16F3N3O2. The molecule has 0 radical (unpaired) electrons. The van der Waals surface area contributed by atoms with Gasteiger partial charge >= 0.3 is 0 Å². The molecule has 0 saturated heterocycles. The van der Waals surface area contributed by atoms with Gasteiger partial charge in [0.2, 0.25) is 0 Å². The first kappa shape index (κ1) is 20.1. The topological polar surface area (TPSA) is 71.1 Å². The SMILES string of the molecule is O=C(NCCc1ccc(F)cc1)c1cncc(C(=O)Nc2ccc(F)cc2F)c1. The lowest BCUT2D eigenvalue weighted by Crippen LogP contribution is -2.26. The molecule has 2 amide bonds. The summed E-state index contributed by atoms with van der Waals surface area (Å²) in [5.74, 6) is -3.15. The summed E-state index contributed by atoms with van der Waals surface area (Å²) in [7, 11) is 0. The Hall–Kier alpha value is -3.68. The maximum atomic E-state index is 13.7. The van der Waals surface area contributed by atoms with Crippen molar-refractivity contribution >= 4 is 17.5 Å². The van der Waals surface area contributed by atoms with Gasteiger partial charge in [-0.3, -0.25) is 14.6 Å². The molecule has 0 atom stereocenters. The largest absolute Gasteiger partial charge is 0.352 e. The average molecular weight is 399 g/mol. The van der Waals surface area contributed by atoms with Crippen LogP contribution in [0.25, 0.3) is 0 Å². The number of anilines is 1. The van der Waals surface area contributed by atoms with E-state index in [1.807, 2.05) is 0 Å². The molecule has 0 bridgehead atoms. The van der Waals surface area contributed by atoms with E-state index in [0.717, 1.165) is 17.7 Å². The summed E-state index contributed by atoms with van der Waals surface area (Å²) in [6, 6.07) is 10.0. The number of hydrogen-bond acceptors (Lipinski definition) is 3. The van der Waals surface area contributed by atoms with E-state index in [2.05, 4.69) is 15.6 Å². The third kappa shape index (κ3) is 5.41. The van der Waals surface area contributed by atoms with Gasteiger partial charge in [-0.25, -0.2) is 13.2 Å². The van der Waals surface area contributed by atoms with E-state index < -0.39 is 23.4 Å². The molecule has 0 aliphatic heterocycles. The van der Waals surface area contributed by atoms with Crippen LogP contribution < -0.4 is 10.6 Å². The molecule has 3 rings (SSSR count). The van der Waals surface area contributed by atoms with E-state index >= 15 is 0 Å². The number of carbonyl (C=O) groups is 2. The number of nitrogens with zero attached hydrogens (tertiary/aromatic N) is 1. The highest BCUT2D eigenvalue weighted by Gasteiger charge is 2.13. The molecule has 0 aliphatic rings. The summed E-state index contributed by atoms with van der Waals surface area (Å²) in [6.45, 7) is 0.307. The monoisotopic (exact) mass is 399 g/mol. The van der Waals surface area contributed by atoms with Gasteiger partial charge in [0, 0.05) is 25.0 Å². The second-order valence-electron chi connectivity index (χ2n) is 6.17. The summed E-state index contributed by atoms with van der Waals surface area (Å²) >= 11 is 0. The molecule has 0 fully saturated rings. The van der Waals surface area contributed by atoms with Crippen LogP contribution in [0.2, 0.25) is 0 Å². The Morgan fingerprint density at radius 3 is 2.17 bits per heavy atom. The minimum absolute atomic E-state index is 0.0416. The first-order valence-corrected chi connectivity index (χ1v) is 8.66. The number of rotatable bonds is 6. The van der Waals surface area contributed by atoms with Crippen molar-refractivity contribution in [2.45, 2.75) is 6.42 Å². The predicted molar refractivity (Wildman–Crippen MR) is 101 cm³/mol. The minimum Gasteiger partial charge on any atom is -0.352 e. The van der Waals surface area contributed by atoms with E-state index in [-0.39, 0.29) is 22.6 Å². The van der Waals surface area contributed by atoms with Crippen LogP contribution in [0, 0.1) is 17.5 Å². The van der Waals surface area contributed by atoms with Crippen LogP contribution in [0.1, 0.15) is 26.3 Å². The Balaban J connectivity index is 1.61. The molecule has 3 aromatic rings. The summed E-state index contributed by atoms with van der Waals surface area (Å²) in [5, 5.41) is 4.99. The number of pyridine rings is 1. The van der Waals surface area contributed by atoms with Crippen molar-refractivity contribution in [3.05, 3.63) is 95.1 Å². The summed E-state index contributed by atoms with van der Waals surface area (Å²) in [5.41, 5.74) is 0.862. The van der Waals surface area contributed by atoms with Crippen LogP contribution in [0.5, 0.6) is 0 Å². The van der Waals surface area contributed by atoms with Crippen molar-refractivity contribution in [2.24, 2.45) is 0 Å². The third-order valence-corrected chi connectivity index (χ3v) is 4.05. The molecule has 2 aromatic carbocycles. The van der Waals surface area contributed by atoms with E-state index in [4.69, 9.17) is 0 Å². The van der Waals surface area contributed by atoms with Gasteiger partial charge in [-0.05, 0) is 42.3 Å². The van der Waals surface area contributed by atoms with Gasteiger partial charge in [0.25, 0.3) is 11.8 Å². The maximum absolute atomic E-state index is 13.7. The predicted octanol–water partition coefficient (Wildman–Crippen LogP) is 3.72. The van der Waals surface area contributed by atoms with Crippen LogP contribution in [-0.4, -0.2) is 23.3 Å². The second kappa shape index (κ2) is 9.01. The fourth-order valence-electron chi connectivity index (χ4n) is 2.55. The molecule has 1 aromatic heterocycles. The average Bonchev–Trinajstić information content (AvgIpc) is 2.71. The highest BCUT2D eigenvalue weighted by molar-refractivity contribution is 6.05. The normalized spacial score (nSPS) is 10.4. The van der Waals surface area contributed by atoms with Gasteiger partial charge < -0.3 is 10.6 Å². The quantitative estimate of drug-likeness (QED) is 0.664. The molecular weight excluding hydrogens is 383 g/mol. The lowest BCUT2D eigenvalue weighted by atomic mass is 10.1. The molecule has 29 heavy (non-hydrogen) atoms. The van der Waals surface area contributed by atoms with Crippen LogP contribution in [0.15, 0.2) is 60.9 Å². The van der Waals surface area contributed by atoms with Gasteiger partial charge in [-0.15, -0.1) is 0 Å². The Morgan fingerprint density at radius 2 is 1.48 bits per heavy atom. The second-order valence-corrected chi connectivity index (χ2v) is 6.17. The zero-order valence-corrected chi connectivity index (χ0v) is 15.1. The maximum Gasteiger partial charge on any atom is 0.257 e. The smallest absolute Gasteiger partial charge is 0.257 e. The number of benzene rings is 2. The van der Waals surface area contributed by atoms with E-state index in [0.29, 0.717) is 19.0 Å². The number of hydrogen-bond donors (Lipinski definition) is 2. The van der Waals surface area contributed by atoms with Crippen molar-refractivity contribution in [1.29, 1.82) is 0 Å². The van der Waals surface area contributed by atoms with Crippen molar-refractivity contribution in [2.75, 3.05) is 11.9 Å². The van der Waals surface area contributed by atoms with Crippen molar-refractivity contribution in [3.8, 4) is 0 Å². The van der Waals surface area contributed by atoms with E-state index in [1.165, 1.54) is 30.6 Å². The zero-order valence-electron chi connectivity index (χ0n) is 15.1. The Kier molecular flexibility index (Phi) is 6.23. The Morgan fingerprint density at radius 1 is 0.828 bits per heavy atom. The summed E-state index contributed by atoms with van der Waals surface area (Å²) in [6.07, 6.45) is 3.03. The Labute approximate surface area is 164 Å². The standard InChI is InChI=1S/C21H16F3N3O2/c22-16-3-1-13(2-4-16)7-8-26-20(28)14-9-15(12-25-11-14)21(29)27-19-6-5-17(23)10-18(19)24/h1-6,9-12H,7-8H2,(H,26,28)(H,27,29). The van der Waals surface area contributed by atoms with Gasteiger partial charge in [-0.1, -0.05) is 12.1 Å². The molecule has 0 spiro atoms. The molecule has 5 nitrogen and oxygen atoms in total. The van der Waals surface area contributed by atoms with Crippen LogP contribution in [-0.2, 0) is 6.42 Å². The fraction of sp³-hybridized carbons (Fsp3) is 0.0952. The minimum atomic E-state index is -0.916. The molecule has 8 heteroatoms. The molecule has 1 heterocycles. The highest BCUT2D eigenvalue weighted by Crippen LogP contribution is 2.16. The number of aromatic nitrogens is 1. The van der Waals surface area contributed by atoms with Crippen molar-refractivity contribution in [1.82, 2.24) is 10.3 Å². The van der Waals surface area contributed by atoms with Gasteiger partial charge in [0.1, 0.15) is 17.5 Å². The van der Waals surface area contributed by atoms with Crippen molar-refractivity contribution in [3.63, 3.8) is 0 Å². The molecule has 0 saturated carbocycles. The number of nitrogens with one attached hydrogen (secondary N) is 2. The lowest BCUT2D eigenvalue weighted by Gasteiger charge is -2.08.